The monoisotopic (exact) mass is 451 g/mol. The molecule has 3 rings (SSSR count). The van der Waals surface area contributed by atoms with Crippen molar-refractivity contribution in [1.82, 2.24) is 10.3 Å². The summed E-state index contributed by atoms with van der Waals surface area (Å²) in [5.41, 5.74) is -0.0210. The molecule has 0 bridgehead atoms. The lowest BCUT2D eigenvalue weighted by atomic mass is 10.1. The maximum atomic E-state index is 12.9. The zero-order chi connectivity index (χ0) is 22.8. The number of amides is 2. The van der Waals surface area contributed by atoms with Crippen LogP contribution in [-0.4, -0.2) is 36.4 Å². The van der Waals surface area contributed by atoms with Gasteiger partial charge in [-0.3, -0.25) is 14.4 Å². The number of esters is 1. The van der Waals surface area contributed by atoms with Gasteiger partial charge in [0.1, 0.15) is 17.1 Å². The van der Waals surface area contributed by atoms with Crippen LogP contribution in [0, 0.1) is 6.92 Å². The molecule has 31 heavy (non-hydrogen) atoms. The van der Waals surface area contributed by atoms with Crippen LogP contribution in [-0.2, 0) is 15.7 Å². The number of alkyl halides is 3. The molecule has 0 aliphatic carbocycles. The van der Waals surface area contributed by atoms with E-state index < -0.39 is 29.7 Å². The Bertz CT molecular complexity index is 1170. The second kappa shape index (κ2) is 8.72. The summed E-state index contributed by atoms with van der Waals surface area (Å²) < 4.78 is 43.1. The van der Waals surface area contributed by atoms with Gasteiger partial charge in [-0.25, -0.2) is 4.98 Å². The summed E-state index contributed by atoms with van der Waals surface area (Å²) in [5, 5.41) is 5.47. The summed E-state index contributed by atoms with van der Waals surface area (Å²) in [7, 11) is 1.19. The number of hydrogen-bond donors (Lipinski definition) is 2. The first-order valence-corrected chi connectivity index (χ1v) is 9.65. The van der Waals surface area contributed by atoms with E-state index in [0.717, 1.165) is 17.4 Å². The normalized spacial score (nSPS) is 11.3. The van der Waals surface area contributed by atoms with Gasteiger partial charge in [-0.2, -0.15) is 13.2 Å². The van der Waals surface area contributed by atoms with Crippen LogP contribution in [0.25, 0.3) is 10.2 Å². The van der Waals surface area contributed by atoms with Crippen LogP contribution in [0.2, 0.25) is 0 Å². The first-order valence-electron chi connectivity index (χ1n) is 8.84. The molecule has 0 saturated heterocycles. The van der Waals surface area contributed by atoms with Crippen molar-refractivity contribution in [2.24, 2.45) is 0 Å². The van der Waals surface area contributed by atoms with Gasteiger partial charge in [0, 0.05) is 16.6 Å². The Morgan fingerprint density at radius 2 is 1.87 bits per heavy atom. The van der Waals surface area contributed by atoms with E-state index in [1.807, 2.05) is 0 Å². The predicted molar refractivity (Wildman–Crippen MR) is 108 cm³/mol. The number of methoxy groups -OCH3 is 1. The number of ether oxygens (including phenoxy) is 1. The van der Waals surface area contributed by atoms with Gasteiger partial charge in [-0.15, -0.1) is 11.3 Å². The van der Waals surface area contributed by atoms with Crippen molar-refractivity contribution in [2.75, 3.05) is 19.0 Å². The summed E-state index contributed by atoms with van der Waals surface area (Å²) in [5.74, 6) is -1.69. The highest BCUT2D eigenvalue weighted by atomic mass is 32.1. The number of pyridine rings is 1. The maximum Gasteiger partial charge on any atom is 0.433 e. The summed E-state index contributed by atoms with van der Waals surface area (Å²) >= 11 is 0.852. The minimum Gasteiger partial charge on any atom is -0.468 e. The van der Waals surface area contributed by atoms with Gasteiger partial charge in [0.05, 0.1) is 12.0 Å². The summed E-state index contributed by atoms with van der Waals surface area (Å²) in [6, 6.07) is 8.16. The van der Waals surface area contributed by atoms with Gasteiger partial charge < -0.3 is 15.4 Å². The van der Waals surface area contributed by atoms with Crippen molar-refractivity contribution in [1.29, 1.82) is 0 Å². The molecule has 11 heteroatoms. The second-order valence-corrected chi connectivity index (χ2v) is 7.40. The minimum atomic E-state index is -4.58. The van der Waals surface area contributed by atoms with E-state index in [9.17, 15) is 27.6 Å². The average Bonchev–Trinajstić information content (AvgIpc) is 3.07. The number of anilines is 1. The molecule has 0 atom stereocenters. The molecule has 0 radical (unpaired) electrons. The summed E-state index contributed by atoms with van der Waals surface area (Å²) in [6.45, 7) is 1.32. The fourth-order valence-electron chi connectivity index (χ4n) is 2.73. The number of hydrogen-bond acceptors (Lipinski definition) is 6. The molecule has 0 fully saturated rings. The van der Waals surface area contributed by atoms with Crippen molar-refractivity contribution in [2.45, 2.75) is 13.1 Å². The fraction of sp³-hybridized carbons (Fsp3) is 0.200. The quantitative estimate of drug-likeness (QED) is 0.576. The zero-order valence-corrected chi connectivity index (χ0v) is 17.1. The number of carbonyl (C=O) groups is 3. The van der Waals surface area contributed by atoms with Gasteiger partial charge in [0.2, 0.25) is 0 Å². The van der Waals surface area contributed by atoms with Crippen LogP contribution < -0.4 is 10.6 Å². The lowest BCUT2D eigenvalue weighted by Crippen LogP contribution is -2.30. The van der Waals surface area contributed by atoms with E-state index in [2.05, 4.69) is 20.4 Å². The van der Waals surface area contributed by atoms with Crippen LogP contribution in [0.3, 0.4) is 0 Å². The van der Waals surface area contributed by atoms with Gasteiger partial charge in [0.15, 0.2) is 0 Å². The molecule has 2 N–H and O–H groups in total. The van der Waals surface area contributed by atoms with Crippen LogP contribution in [0.15, 0.2) is 36.4 Å². The van der Waals surface area contributed by atoms with Gasteiger partial charge >= 0.3 is 12.1 Å². The number of nitrogens with zero attached hydrogens (tertiary/aromatic N) is 1. The lowest BCUT2D eigenvalue weighted by molar-refractivity contribution is -0.141. The number of carbonyl (C=O) groups excluding carboxylic acids is 3. The second-order valence-electron chi connectivity index (χ2n) is 6.40. The third-order valence-electron chi connectivity index (χ3n) is 4.30. The molecular formula is C20H16F3N3O4S. The number of benzene rings is 1. The third-order valence-corrected chi connectivity index (χ3v) is 5.50. The molecule has 162 valence electrons. The molecule has 0 spiro atoms. The molecular weight excluding hydrogens is 435 g/mol. The van der Waals surface area contributed by atoms with Gasteiger partial charge in [0.25, 0.3) is 11.8 Å². The molecule has 2 amide bonds. The standard InChI is InChI=1S/C20H16F3N3O4S/c1-10-13-6-7-14(20(21,22)23)26-19(13)31-16(10)18(29)25-12-5-3-4-11(8-12)17(28)24-9-15(27)30-2/h3-8H,9H2,1-2H3,(H,24,28)(H,25,29). The number of fused-ring (bicyclic) bond motifs is 1. The van der Waals surface area contributed by atoms with Crippen molar-refractivity contribution in [3.63, 3.8) is 0 Å². The van der Waals surface area contributed by atoms with Crippen LogP contribution >= 0.6 is 11.3 Å². The number of aryl methyl sites for hydroxylation is 1. The van der Waals surface area contributed by atoms with E-state index in [-0.39, 0.29) is 21.8 Å². The topological polar surface area (TPSA) is 97.4 Å². The minimum absolute atomic E-state index is 0.105. The van der Waals surface area contributed by atoms with E-state index >= 15 is 0 Å². The van der Waals surface area contributed by atoms with Crippen LogP contribution in [0.1, 0.15) is 31.3 Å². The highest BCUT2D eigenvalue weighted by Crippen LogP contribution is 2.34. The number of nitrogens with one attached hydrogen (secondary N) is 2. The Morgan fingerprint density at radius 3 is 2.55 bits per heavy atom. The first kappa shape index (κ1) is 22.2. The highest BCUT2D eigenvalue weighted by molar-refractivity contribution is 7.20. The predicted octanol–water partition coefficient (Wildman–Crippen LogP) is 3.78. The summed E-state index contributed by atoms with van der Waals surface area (Å²) in [4.78, 5) is 39.9. The molecule has 0 unspecified atom stereocenters. The number of aromatic nitrogens is 1. The first-order chi connectivity index (χ1) is 14.6. The molecule has 7 nitrogen and oxygen atoms in total. The Morgan fingerprint density at radius 1 is 1.13 bits per heavy atom. The molecule has 2 heterocycles. The molecule has 1 aromatic carbocycles. The van der Waals surface area contributed by atoms with Gasteiger partial charge in [-0.05, 0) is 42.8 Å². The van der Waals surface area contributed by atoms with E-state index in [1.54, 1.807) is 13.0 Å². The number of rotatable bonds is 5. The van der Waals surface area contributed by atoms with E-state index in [4.69, 9.17) is 0 Å². The lowest BCUT2D eigenvalue weighted by Gasteiger charge is -2.08. The average molecular weight is 451 g/mol. The smallest absolute Gasteiger partial charge is 0.433 e. The van der Waals surface area contributed by atoms with E-state index in [0.29, 0.717) is 16.6 Å². The Kier molecular flexibility index (Phi) is 6.25. The maximum absolute atomic E-state index is 12.9. The third kappa shape index (κ3) is 5.00. The Hall–Kier alpha value is -3.47. The Balaban J connectivity index is 1.80. The molecule has 0 aliphatic heterocycles. The van der Waals surface area contributed by atoms with Crippen LogP contribution in [0.4, 0.5) is 18.9 Å². The molecule has 2 aromatic heterocycles. The van der Waals surface area contributed by atoms with Crippen molar-refractivity contribution in [3.8, 4) is 0 Å². The van der Waals surface area contributed by atoms with Crippen molar-refractivity contribution < 1.29 is 32.3 Å². The van der Waals surface area contributed by atoms with Crippen molar-refractivity contribution >= 4 is 45.0 Å². The largest absolute Gasteiger partial charge is 0.468 e. The SMILES string of the molecule is COC(=O)CNC(=O)c1cccc(NC(=O)c2sc3nc(C(F)(F)F)ccc3c2C)c1. The number of halogens is 3. The molecule has 0 aliphatic rings. The van der Waals surface area contributed by atoms with Crippen molar-refractivity contribution in [3.05, 3.63) is 58.1 Å². The van der Waals surface area contributed by atoms with Crippen LogP contribution in [0.5, 0.6) is 0 Å². The van der Waals surface area contributed by atoms with E-state index in [1.165, 1.54) is 31.4 Å². The Labute approximate surface area is 178 Å². The summed E-state index contributed by atoms with van der Waals surface area (Å²) in [6.07, 6.45) is -4.58. The number of thiophene rings is 1. The highest BCUT2D eigenvalue weighted by Gasteiger charge is 2.33. The fourth-order valence-corrected chi connectivity index (χ4v) is 3.80. The van der Waals surface area contributed by atoms with Gasteiger partial charge in [-0.1, -0.05) is 6.07 Å². The zero-order valence-electron chi connectivity index (χ0n) is 16.3. The molecule has 3 aromatic rings. The molecule has 0 saturated carbocycles.